The van der Waals surface area contributed by atoms with Gasteiger partial charge in [0.15, 0.2) is 5.13 Å². The summed E-state index contributed by atoms with van der Waals surface area (Å²) in [4.78, 5) is 19.1. The molecule has 3 aromatic rings. The molecule has 1 N–H and O–H groups in total. The molecule has 30 heavy (non-hydrogen) atoms. The highest BCUT2D eigenvalue weighted by Gasteiger charge is 2.30. The van der Waals surface area contributed by atoms with Crippen LogP contribution in [0.3, 0.4) is 0 Å². The number of aromatic nitrogens is 1. The van der Waals surface area contributed by atoms with Crippen molar-refractivity contribution >= 4 is 32.4 Å². The topological polar surface area (TPSA) is 88.6 Å². The van der Waals surface area contributed by atoms with E-state index < -0.39 is 10.0 Å². The van der Waals surface area contributed by atoms with Crippen LogP contribution in [0.15, 0.2) is 70.9 Å². The Hall–Kier alpha value is -2.75. The minimum atomic E-state index is -3.75. The van der Waals surface area contributed by atoms with Crippen LogP contribution in [-0.2, 0) is 21.2 Å². The van der Waals surface area contributed by atoms with Gasteiger partial charge in [0.1, 0.15) is 11.9 Å². The molecule has 0 bridgehead atoms. The van der Waals surface area contributed by atoms with Crippen LogP contribution < -0.4 is 4.72 Å². The van der Waals surface area contributed by atoms with Gasteiger partial charge >= 0.3 is 0 Å². The molecule has 2 aromatic carbocycles. The van der Waals surface area contributed by atoms with Crippen molar-refractivity contribution in [2.75, 3.05) is 17.9 Å². The van der Waals surface area contributed by atoms with Gasteiger partial charge < -0.3 is 9.64 Å². The van der Waals surface area contributed by atoms with Gasteiger partial charge in [-0.05, 0) is 24.1 Å². The summed E-state index contributed by atoms with van der Waals surface area (Å²) in [5.41, 5.74) is 1.28. The maximum Gasteiger partial charge on any atom is 0.275 e. The standard InChI is InChI=1S/C21H21N3O4S2/c25-20(24-12-7-13-28-19(24)14-16-8-3-1-4-9-16)18-15-29-21(22-18)23-30(26,27)17-10-5-2-6-11-17/h1-6,8-11,15,19H,7,12-14H2,(H,22,23)/t19-/m0/s1. The fourth-order valence-corrected chi connectivity index (χ4v) is 5.20. The van der Waals surface area contributed by atoms with Gasteiger partial charge in [-0.1, -0.05) is 48.5 Å². The molecule has 0 saturated carbocycles. The van der Waals surface area contributed by atoms with E-state index in [1.165, 1.54) is 12.1 Å². The number of amides is 1. The minimum absolute atomic E-state index is 0.139. The molecular formula is C21H21N3O4S2. The van der Waals surface area contributed by atoms with E-state index in [0.717, 1.165) is 23.3 Å². The molecule has 0 radical (unpaired) electrons. The van der Waals surface area contributed by atoms with Crippen molar-refractivity contribution in [2.45, 2.75) is 24.0 Å². The number of sulfonamides is 1. The minimum Gasteiger partial charge on any atom is -0.358 e. The Balaban J connectivity index is 1.48. The van der Waals surface area contributed by atoms with Crippen LogP contribution in [0.4, 0.5) is 5.13 Å². The molecule has 1 aromatic heterocycles. The molecule has 1 aliphatic heterocycles. The Bertz CT molecular complexity index is 1100. The molecule has 1 amide bonds. The van der Waals surface area contributed by atoms with Crippen LogP contribution in [0, 0.1) is 0 Å². The van der Waals surface area contributed by atoms with E-state index in [2.05, 4.69) is 9.71 Å². The van der Waals surface area contributed by atoms with Crippen LogP contribution in [0.25, 0.3) is 0 Å². The number of ether oxygens (including phenoxy) is 1. The molecule has 1 aliphatic rings. The zero-order chi connectivity index (χ0) is 21.0. The lowest BCUT2D eigenvalue weighted by atomic mass is 10.1. The number of nitrogens with one attached hydrogen (secondary N) is 1. The SMILES string of the molecule is O=C(c1csc(NS(=O)(=O)c2ccccc2)n1)N1CCCO[C@H]1Cc1ccccc1. The van der Waals surface area contributed by atoms with Crippen molar-refractivity contribution in [2.24, 2.45) is 0 Å². The molecule has 156 valence electrons. The van der Waals surface area contributed by atoms with Crippen molar-refractivity contribution in [1.29, 1.82) is 0 Å². The van der Waals surface area contributed by atoms with E-state index in [9.17, 15) is 13.2 Å². The van der Waals surface area contributed by atoms with Crippen molar-refractivity contribution in [3.63, 3.8) is 0 Å². The Morgan fingerprint density at radius 2 is 1.83 bits per heavy atom. The zero-order valence-corrected chi connectivity index (χ0v) is 17.7. The number of benzene rings is 2. The van der Waals surface area contributed by atoms with E-state index in [1.807, 2.05) is 30.3 Å². The molecule has 0 spiro atoms. The number of thiazole rings is 1. The van der Waals surface area contributed by atoms with Gasteiger partial charge in [-0.25, -0.2) is 13.4 Å². The third-order valence-corrected chi connectivity index (χ3v) is 6.96. The first-order valence-electron chi connectivity index (χ1n) is 9.53. The van der Waals surface area contributed by atoms with E-state index in [-0.39, 0.29) is 27.9 Å². The summed E-state index contributed by atoms with van der Waals surface area (Å²) in [5, 5.41) is 1.72. The van der Waals surface area contributed by atoms with Gasteiger partial charge in [0, 0.05) is 18.3 Å². The van der Waals surface area contributed by atoms with E-state index in [0.29, 0.717) is 19.6 Å². The average Bonchev–Trinajstić information content (AvgIpc) is 3.23. The molecule has 9 heteroatoms. The number of rotatable bonds is 6. The molecule has 4 rings (SSSR count). The molecule has 7 nitrogen and oxygen atoms in total. The fraction of sp³-hybridized carbons (Fsp3) is 0.238. The van der Waals surface area contributed by atoms with Gasteiger partial charge in [0.2, 0.25) is 0 Å². The summed E-state index contributed by atoms with van der Waals surface area (Å²) in [6, 6.07) is 17.9. The second kappa shape index (κ2) is 8.95. The maximum absolute atomic E-state index is 13.1. The number of hydrogen-bond acceptors (Lipinski definition) is 6. The molecule has 1 saturated heterocycles. The Morgan fingerprint density at radius 3 is 2.57 bits per heavy atom. The Morgan fingerprint density at radius 1 is 1.13 bits per heavy atom. The fourth-order valence-electron chi connectivity index (χ4n) is 3.24. The lowest BCUT2D eigenvalue weighted by molar-refractivity contribution is -0.0763. The lowest BCUT2D eigenvalue weighted by Gasteiger charge is -2.35. The number of carbonyl (C=O) groups excluding carboxylic acids is 1. The third-order valence-electron chi connectivity index (χ3n) is 4.71. The molecule has 0 aliphatic carbocycles. The first-order valence-corrected chi connectivity index (χ1v) is 11.9. The number of nitrogens with zero attached hydrogens (tertiary/aromatic N) is 2. The third kappa shape index (κ3) is 4.69. The van der Waals surface area contributed by atoms with Gasteiger partial charge in [-0.3, -0.25) is 9.52 Å². The molecule has 0 unspecified atom stereocenters. The van der Waals surface area contributed by atoms with Crippen molar-refractivity contribution in [3.05, 3.63) is 77.3 Å². The normalized spacial score (nSPS) is 16.9. The van der Waals surface area contributed by atoms with Crippen LogP contribution in [0.1, 0.15) is 22.5 Å². The highest BCUT2D eigenvalue weighted by Crippen LogP contribution is 2.23. The van der Waals surface area contributed by atoms with Crippen LogP contribution >= 0.6 is 11.3 Å². The highest BCUT2D eigenvalue weighted by molar-refractivity contribution is 7.93. The van der Waals surface area contributed by atoms with Crippen LogP contribution in [-0.4, -0.2) is 43.6 Å². The van der Waals surface area contributed by atoms with E-state index in [1.54, 1.807) is 28.5 Å². The highest BCUT2D eigenvalue weighted by atomic mass is 32.2. The Labute approximate surface area is 179 Å². The summed E-state index contributed by atoms with van der Waals surface area (Å²) in [6.45, 7) is 1.17. The molecular weight excluding hydrogens is 422 g/mol. The van der Waals surface area contributed by atoms with Crippen LogP contribution in [0.5, 0.6) is 0 Å². The van der Waals surface area contributed by atoms with Crippen molar-refractivity contribution in [1.82, 2.24) is 9.88 Å². The second-order valence-corrected chi connectivity index (χ2v) is 9.36. The van der Waals surface area contributed by atoms with Crippen molar-refractivity contribution in [3.8, 4) is 0 Å². The van der Waals surface area contributed by atoms with Gasteiger partial charge in [-0.2, -0.15) is 0 Å². The summed E-state index contributed by atoms with van der Waals surface area (Å²) < 4.78 is 33.2. The van der Waals surface area contributed by atoms with Crippen LogP contribution in [0.2, 0.25) is 0 Å². The molecule has 1 fully saturated rings. The predicted molar refractivity (Wildman–Crippen MR) is 115 cm³/mol. The maximum atomic E-state index is 13.1. The second-order valence-electron chi connectivity index (χ2n) is 6.82. The lowest BCUT2D eigenvalue weighted by Crippen LogP contribution is -2.47. The summed E-state index contributed by atoms with van der Waals surface area (Å²) >= 11 is 1.08. The molecule has 2 heterocycles. The number of carbonyl (C=O) groups is 1. The van der Waals surface area contributed by atoms with Crippen molar-refractivity contribution < 1.29 is 17.9 Å². The van der Waals surface area contributed by atoms with Gasteiger partial charge in [0.05, 0.1) is 11.5 Å². The largest absolute Gasteiger partial charge is 0.358 e. The average molecular weight is 444 g/mol. The first kappa shape index (κ1) is 20.5. The van der Waals surface area contributed by atoms with E-state index in [4.69, 9.17) is 4.74 Å². The number of hydrogen-bond donors (Lipinski definition) is 1. The monoisotopic (exact) mass is 443 g/mol. The van der Waals surface area contributed by atoms with Gasteiger partial charge in [0.25, 0.3) is 15.9 Å². The zero-order valence-electron chi connectivity index (χ0n) is 16.1. The first-order chi connectivity index (χ1) is 14.5. The Kier molecular flexibility index (Phi) is 6.12. The quantitative estimate of drug-likeness (QED) is 0.631. The summed E-state index contributed by atoms with van der Waals surface area (Å²) in [5.74, 6) is -0.267. The summed E-state index contributed by atoms with van der Waals surface area (Å²) in [6.07, 6.45) is 0.957. The van der Waals surface area contributed by atoms with Gasteiger partial charge in [-0.15, -0.1) is 11.3 Å². The molecule has 1 atom stereocenters. The predicted octanol–water partition coefficient (Wildman–Crippen LogP) is 3.38. The van der Waals surface area contributed by atoms with E-state index >= 15 is 0 Å². The number of anilines is 1. The summed E-state index contributed by atoms with van der Waals surface area (Å²) in [7, 11) is -3.75. The smallest absolute Gasteiger partial charge is 0.275 e.